The summed E-state index contributed by atoms with van der Waals surface area (Å²) in [5.74, 6) is 0.800. The molecule has 0 unspecified atom stereocenters. The fourth-order valence-electron chi connectivity index (χ4n) is 2.76. The lowest BCUT2D eigenvalue weighted by Gasteiger charge is -2.08. The molecule has 0 saturated carbocycles. The summed E-state index contributed by atoms with van der Waals surface area (Å²) in [6.07, 6.45) is 1.79. The molecule has 4 nitrogen and oxygen atoms in total. The van der Waals surface area contributed by atoms with Gasteiger partial charge in [-0.15, -0.1) is 0 Å². The van der Waals surface area contributed by atoms with Gasteiger partial charge >= 0.3 is 0 Å². The molecule has 25 heavy (non-hydrogen) atoms. The van der Waals surface area contributed by atoms with E-state index < -0.39 is 0 Å². The van der Waals surface area contributed by atoms with Crippen molar-refractivity contribution in [2.75, 3.05) is 5.32 Å². The largest absolute Gasteiger partial charge is 0.366 e. The Labute approximate surface area is 146 Å². The molecule has 4 heteroatoms. The fourth-order valence-corrected chi connectivity index (χ4v) is 2.76. The first-order valence-electron chi connectivity index (χ1n) is 8.26. The second-order valence-electron chi connectivity index (χ2n) is 6.00. The van der Waals surface area contributed by atoms with Crippen LogP contribution in [-0.2, 0) is 6.54 Å². The summed E-state index contributed by atoms with van der Waals surface area (Å²) >= 11 is 0. The van der Waals surface area contributed by atoms with Gasteiger partial charge in [0.05, 0.1) is 11.9 Å². The Morgan fingerprint density at radius 1 is 0.880 bits per heavy atom. The van der Waals surface area contributed by atoms with Crippen molar-refractivity contribution in [3.8, 4) is 11.3 Å². The quantitative estimate of drug-likeness (QED) is 0.595. The van der Waals surface area contributed by atoms with Crippen LogP contribution in [0.2, 0.25) is 0 Å². The van der Waals surface area contributed by atoms with Gasteiger partial charge in [-0.3, -0.25) is 4.98 Å². The lowest BCUT2D eigenvalue weighted by molar-refractivity contribution is 1.11. The van der Waals surface area contributed by atoms with Crippen LogP contribution < -0.4 is 5.32 Å². The molecular formula is C21H18N4. The SMILES string of the molecule is Cc1cccc(CNc2ccc3ncc(-c4ccccc4)nc3n2)c1. The van der Waals surface area contributed by atoms with Crippen LogP contribution >= 0.6 is 0 Å². The van der Waals surface area contributed by atoms with E-state index in [1.807, 2.05) is 42.5 Å². The number of aromatic nitrogens is 3. The lowest BCUT2D eigenvalue weighted by atomic mass is 10.1. The molecule has 0 radical (unpaired) electrons. The summed E-state index contributed by atoms with van der Waals surface area (Å²) in [5, 5.41) is 3.36. The van der Waals surface area contributed by atoms with Crippen LogP contribution in [0.5, 0.6) is 0 Å². The maximum Gasteiger partial charge on any atom is 0.180 e. The van der Waals surface area contributed by atoms with Crippen molar-refractivity contribution in [1.82, 2.24) is 15.0 Å². The topological polar surface area (TPSA) is 50.7 Å². The van der Waals surface area contributed by atoms with Crippen LogP contribution in [0.3, 0.4) is 0 Å². The number of anilines is 1. The Morgan fingerprint density at radius 2 is 1.76 bits per heavy atom. The van der Waals surface area contributed by atoms with Gasteiger partial charge in [0.25, 0.3) is 0 Å². The number of rotatable bonds is 4. The number of benzene rings is 2. The molecule has 4 rings (SSSR count). The number of hydrogen-bond donors (Lipinski definition) is 1. The van der Waals surface area contributed by atoms with Gasteiger partial charge in [0.2, 0.25) is 0 Å². The molecule has 1 N–H and O–H groups in total. The zero-order valence-corrected chi connectivity index (χ0v) is 14.0. The van der Waals surface area contributed by atoms with E-state index in [9.17, 15) is 0 Å². The normalized spacial score (nSPS) is 10.8. The number of aryl methyl sites for hydroxylation is 1. The molecule has 0 saturated heterocycles. The van der Waals surface area contributed by atoms with Crippen molar-refractivity contribution in [3.05, 3.63) is 84.1 Å². The van der Waals surface area contributed by atoms with Crippen LogP contribution in [0.25, 0.3) is 22.4 Å². The number of pyridine rings is 1. The Bertz CT molecular complexity index is 1010. The Balaban J connectivity index is 1.60. The van der Waals surface area contributed by atoms with Crippen molar-refractivity contribution in [3.63, 3.8) is 0 Å². The highest BCUT2D eigenvalue weighted by Crippen LogP contribution is 2.19. The Kier molecular flexibility index (Phi) is 4.09. The van der Waals surface area contributed by atoms with Crippen molar-refractivity contribution < 1.29 is 0 Å². The van der Waals surface area contributed by atoms with Crippen LogP contribution in [0.1, 0.15) is 11.1 Å². The van der Waals surface area contributed by atoms with Crippen molar-refractivity contribution in [2.45, 2.75) is 13.5 Å². The highest BCUT2D eigenvalue weighted by atomic mass is 15.0. The molecule has 0 aliphatic rings. The summed E-state index contributed by atoms with van der Waals surface area (Å²) in [6.45, 7) is 2.82. The number of fused-ring (bicyclic) bond motifs is 1. The van der Waals surface area contributed by atoms with Gasteiger partial charge in [-0.2, -0.15) is 0 Å². The maximum absolute atomic E-state index is 4.66. The third-order valence-corrected chi connectivity index (χ3v) is 4.03. The van der Waals surface area contributed by atoms with E-state index in [4.69, 9.17) is 0 Å². The average Bonchev–Trinajstić information content (AvgIpc) is 2.66. The summed E-state index contributed by atoms with van der Waals surface area (Å²) in [4.78, 5) is 13.8. The molecule has 0 amide bonds. The molecule has 2 aromatic heterocycles. The maximum atomic E-state index is 4.66. The molecule has 0 atom stereocenters. The number of hydrogen-bond acceptors (Lipinski definition) is 4. The minimum absolute atomic E-state index is 0.649. The van der Waals surface area contributed by atoms with Crippen molar-refractivity contribution in [1.29, 1.82) is 0 Å². The van der Waals surface area contributed by atoms with E-state index in [1.54, 1.807) is 6.20 Å². The van der Waals surface area contributed by atoms with Crippen LogP contribution in [0.15, 0.2) is 72.9 Å². The average molecular weight is 326 g/mol. The van der Waals surface area contributed by atoms with E-state index >= 15 is 0 Å². The summed E-state index contributed by atoms with van der Waals surface area (Å²) in [7, 11) is 0. The molecule has 0 aliphatic heterocycles. The number of nitrogens with one attached hydrogen (secondary N) is 1. The van der Waals surface area contributed by atoms with Gasteiger partial charge in [-0.05, 0) is 24.6 Å². The minimum atomic E-state index is 0.649. The summed E-state index contributed by atoms with van der Waals surface area (Å²) < 4.78 is 0. The summed E-state index contributed by atoms with van der Waals surface area (Å²) in [6, 6.07) is 22.3. The van der Waals surface area contributed by atoms with Gasteiger partial charge in [0.15, 0.2) is 5.65 Å². The molecule has 4 aromatic rings. The Hall–Kier alpha value is -3.27. The predicted molar refractivity (Wildman–Crippen MR) is 101 cm³/mol. The van der Waals surface area contributed by atoms with E-state index in [-0.39, 0.29) is 0 Å². The molecule has 2 heterocycles. The van der Waals surface area contributed by atoms with Crippen molar-refractivity contribution in [2.24, 2.45) is 0 Å². The molecule has 0 bridgehead atoms. The third kappa shape index (κ3) is 3.48. The van der Waals surface area contributed by atoms with E-state index in [0.717, 1.165) is 29.1 Å². The van der Waals surface area contributed by atoms with Crippen molar-refractivity contribution >= 4 is 17.0 Å². The first-order chi connectivity index (χ1) is 12.3. The smallest absolute Gasteiger partial charge is 0.180 e. The van der Waals surface area contributed by atoms with E-state index in [2.05, 4.69) is 51.5 Å². The van der Waals surface area contributed by atoms with E-state index in [1.165, 1.54) is 11.1 Å². The molecule has 122 valence electrons. The predicted octanol–water partition coefficient (Wildman–Crippen LogP) is 4.61. The zero-order valence-electron chi connectivity index (χ0n) is 14.0. The van der Waals surface area contributed by atoms with Crippen LogP contribution in [0.4, 0.5) is 5.82 Å². The standard InChI is InChI=1S/C21H18N4/c1-15-6-5-7-16(12-15)13-23-20-11-10-18-21(25-20)24-19(14-22-18)17-8-3-2-4-9-17/h2-12,14H,13H2,1H3,(H,23,24,25). The fraction of sp³-hybridized carbons (Fsp3) is 0.0952. The van der Waals surface area contributed by atoms with Crippen LogP contribution in [0, 0.1) is 6.92 Å². The highest BCUT2D eigenvalue weighted by molar-refractivity contribution is 5.75. The zero-order chi connectivity index (χ0) is 17.1. The molecular weight excluding hydrogens is 308 g/mol. The van der Waals surface area contributed by atoms with Crippen LogP contribution in [-0.4, -0.2) is 15.0 Å². The van der Waals surface area contributed by atoms with Gasteiger partial charge in [0, 0.05) is 12.1 Å². The third-order valence-electron chi connectivity index (χ3n) is 4.03. The first kappa shape index (κ1) is 15.3. The second kappa shape index (κ2) is 6.69. The second-order valence-corrected chi connectivity index (χ2v) is 6.00. The van der Waals surface area contributed by atoms with E-state index in [0.29, 0.717) is 5.65 Å². The first-order valence-corrected chi connectivity index (χ1v) is 8.26. The molecule has 0 spiro atoms. The van der Waals surface area contributed by atoms with Gasteiger partial charge < -0.3 is 5.32 Å². The van der Waals surface area contributed by atoms with Gasteiger partial charge in [-0.1, -0.05) is 60.2 Å². The van der Waals surface area contributed by atoms with Gasteiger partial charge in [0.1, 0.15) is 11.3 Å². The molecule has 2 aromatic carbocycles. The minimum Gasteiger partial charge on any atom is -0.366 e. The lowest BCUT2D eigenvalue weighted by Crippen LogP contribution is -2.02. The van der Waals surface area contributed by atoms with Gasteiger partial charge in [-0.25, -0.2) is 9.97 Å². The Morgan fingerprint density at radius 3 is 2.60 bits per heavy atom. The highest BCUT2D eigenvalue weighted by Gasteiger charge is 2.05. The number of nitrogens with zero attached hydrogens (tertiary/aromatic N) is 3. The monoisotopic (exact) mass is 326 g/mol. The molecule has 0 aliphatic carbocycles. The molecule has 0 fully saturated rings. The summed E-state index contributed by atoms with van der Waals surface area (Å²) in [5.41, 5.74) is 5.79.